The van der Waals surface area contributed by atoms with Gasteiger partial charge in [0.25, 0.3) is 0 Å². The molecule has 322 valence electrons. The number of rotatable bonds is 19. The number of thioether (sulfide) groups is 1. The van der Waals surface area contributed by atoms with E-state index in [1.54, 1.807) is 36.4 Å². The van der Waals surface area contributed by atoms with E-state index >= 15 is 0 Å². The minimum atomic E-state index is -1.58. The van der Waals surface area contributed by atoms with Crippen molar-refractivity contribution in [1.82, 2.24) is 20.6 Å². The van der Waals surface area contributed by atoms with Crippen molar-refractivity contribution >= 4 is 52.9 Å². The second-order valence-electron chi connectivity index (χ2n) is 13.6. The van der Waals surface area contributed by atoms with Gasteiger partial charge in [-0.3, -0.25) is 9.59 Å². The van der Waals surface area contributed by atoms with Crippen LogP contribution in [-0.2, 0) is 34.4 Å². The van der Waals surface area contributed by atoms with Crippen molar-refractivity contribution in [3.63, 3.8) is 0 Å². The Morgan fingerprint density at radius 1 is 0.836 bits per heavy atom. The van der Waals surface area contributed by atoms with E-state index in [0.717, 1.165) is 0 Å². The molecule has 0 saturated heterocycles. The Morgan fingerprint density at radius 2 is 1.39 bits per heavy atom. The molecule has 0 radical (unpaired) electrons. The molecule has 0 fully saturated rings. The number of nitrogens with one attached hydrogen (secondary N) is 2. The fourth-order valence-corrected chi connectivity index (χ4v) is 6.28. The number of nitrogen functional groups attached to an aromatic ring is 1. The number of esters is 2. The second kappa shape index (κ2) is 21.8. The fraction of sp³-hybridized carbons (Fsp3) is 0.350. The summed E-state index contributed by atoms with van der Waals surface area (Å²) in [4.78, 5) is 59.5. The Bertz CT molecular complexity index is 2270. The topological polar surface area (TPSA) is 325 Å². The third-order valence-electron chi connectivity index (χ3n) is 8.58. The smallest absolute Gasteiger partial charge is 0.331 e. The molecule has 2 unspecified atom stereocenters. The minimum Gasteiger partial charge on any atom is -0.490 e. The lowest BCUT2D eigenvalue weighted by molar-refractivity contribution is -0.167. The van der Waals surface area contributed by atoms with E-state index in [4.69, 9.17) is 47.4 Å². The van der Waals surface area contributed by atoms with E-state index < -0.39 is 79.4 Å². The molecule has 61 heavy (non-hydrogen) atoms. The molecule has 2 heterocycles. The predicted molar refractivity (Wildman–Crippen MR) is 221 cm³/mol. The first kappa shape index (κ1) is 47.4. The van der Waals surface area contributed by atoms with Crippen LogP contribution in [0, 0.1) is 22.7 Å². The molecule has 2 aromatic heterocycles. The normalized spacial score (nSPS) is 14.4. The van der Waals surface area contributed by atoms with E-state index in [-0.39, 0.29) is 39.0 Å². The first-order chi connectivity index (χ1) is 28.9. The van der Waals surface area contributed by atoms with Gasteiger partial charge in [-0.2, -0.15) is 10.5 Å². The third kappa shape index (κ3) is 12.9. The van der Waals surface area contributed by atoms with Crippen LogP contribution in [0.2, 0.25) is 5.02 Å². The SMILES string of the molecule is CC(O)C(NC(=O)[C@H](C)N)C(=O)O[C@H](COC(=O)[C@@H](NC(=O)[C@H](C)N)[C@@H](C)O)COc1ccc(-c2c(C#N)c(N)nc(SCc3coc(-c4ccc(Cl)cc4)n3)c2C#N)cc1. The summed E-state index contributed by atoms with van der Waals surface area (Å²) in [5, 5.41) is 46.1. The van der Waals surface area contributed by atoms with Crippen LogP contribution in [0.25, 0.3) is 22.6 Å². The maximum atomic E-state index is 13.2. The average molecular weight is 878 g/mol. The lowest BCUT2D eigenvalue weighted by Crippen LogP contribution is -2.54. The molecule has 0 spiro atoms. The van der Waals surface area contributed by atoms with Crippen LogP contribution in [0.4, 0.5) is 5.82 Å². The molecule has 4 rings (SSSR count). The second-order valence-corrected chi connectivity index (χ2v) is 15.0. The van der Waals surface area contributed by atoms with Crippen molar-refractivity contribution in [2.45, 2.75) is 81.0 Å². The van der Waals surface area contributed by atoms with Crippen molar-refractivity contribution in [3.8, 4) is 40.5 Å². The largest absolute Gasteiger partial charge is 0.490 e. The first-order valence-corrected chi connectivity index (χ1v) is 19.9. The van der Waals surface area contributed by atoms with Crippen LogP contribution < -0.4 is 32.6 Å². The first-order valence-electron chi connectivity index (χ1n) is 18.5. The van der Waals surface area contributed by atoms with Gasteiger partial charge < -0.3 is 56.7 Å². The number of aliphatic hydroxyl groups is 2. The lowest BCUT2D eigenvalue weighted by Gasteiger charge is -2.26. The number of ether oxygens (including phenoxy) is 3. The standard InChI is InChI=1S/C40H44ClN9O10S/c1-19(44)35(53)48-32(21(3)51)39(55)59-17-28(60-40(56)33(22(4)52)49-36(54)20(2)45)16-57-27-11-7-23(8-12-27)31-29(13-42)34(46)50-38(30(31)14-43)61-18-26-15-58-37(47-26)24-5-9-25(41)10-6-24/h5-12,15,19-22,28,32-33,51-52H,16-18,44-45H2,1-4H3,(H2,46,50)(H,48,53)(H,49,54)/t19-,20-,21+,22?,28-,32-,33?/m0/s1. The predicted octanol–water partition coefficient (Wildman–Crippen LogP) is 1.93. The van der Waals surface area contributed by atoms with E-state index in [1.165, 1.54) is 57.9 Å². The number of carbonyl (C=O) groups is 4. The monoisotopic (exact) mass is 877 g/mol. The van der Waals surface area contributed by atoms with Gasteiger partial charge in [0, 0.05) is 21.9 Å². The van der Waals surface area contributed by atoms with Crippen LogP contribution in [0.1, 0.15) is 44.5 Å². The number of benzene rings is 2. The number of aromatic nitrogens is 2. The average Bonchev–Trinajstić information content (AvgIpc) is 3.70. The maximum absolute atomic E-state index is 13.2. The number of halogens is 1. The van der Waals surface area contributed by atoms with Gasteiger partial charge in [-0.05, 0) is 69.7 Å². The summed E-state index contributed by atoms with van der Waals surface area (Å²) >= 11 is 7.15. The van der Waals surface area contributed by atoms with Crippen molar-refractivity contribution in [2.75, 3.05) is 18.9 Å². The van der Waals surface area contributed by atoms with Crippen molar-refractivity contribution in [1.29, 1.82) is 10.5 Å². The Kier molecular flexibility index (Phi) is 17.0. The summed E-state index contributed by atoms with van der Waals surface area (Å²) < 4.78 is 22.3. The van der Waals surface area contributed by atoms with Crippen molar-refractivity contribution in [2.24, 2.45) is 11.5 Å². The van der Waals surface area contributed by atoms with E-state index in [0.29, 0.717) is 27.7 Å². The van der Waals surface area contributed by atoms with E-state index in [2.05, 4.69) is 26.7 Å². The summed E-state index contributed by atoms with van der Waals surface area (Å²) in [5.41, 5.74) is 19.3. The highest BCUT2D eigenvalue weighted by molar-refractivity contribution is 7.98. The molecule has 0 bridgehead atoms. The highest BCUT2D eigenvalue weighted by Crippen LogP contribution is 2.37. The van der Waals surface area contributed by atoms with Gasteiger partial charge in [0.2, 0.25) is 17.7 Å². The number of anilines is 1. The molecule has 0 aliphatic carbocycles. The molecule has 10 N–H and O–H groups in total. The highest BCUT2D eigenvalue weighted by atomic mass is 35.5. The van der Waals surface area contributed by atoms with E-state index in [1.807, 2.05) is 6.07 Å². The van der Waals surface area contributed by atoms with Crippen molar-refractivity contribution < 1.29 is 48.0 Å². The number of amides is 2. The number of oxazole rings is 1. The molecule has 0 aliphatic rings. The number of hydrogen-bond acceptors (Lipinski definition) is 18. The Balaban J connectivity index is 1.55. The number of carbonyl (C=O) groups excluding carboxylic acids is 4. The lowest BCUT2D eigenvalue weighted by atomic mass is 9.97. The number of nitrogens with two attached hydrogens (primary N) is 3. The van der Waals surface area contributed by atoms with Gasteiger partial charge in [-0.15, -0.1) is 0 Å². The third-order valence-corrected chi connectivity index (χ3v) is 9.84. The van der Waals surface area contributed by atoms with Crippen LogP contribution in [0.5, 0.6) is 5.75 Å². The summed E-state index contributed by atoms with van der Waals surface area (Å²) in [5.74, 6) is -3.02. The molecule has 2 aromatic carbocycles. The maximum Gasteiger partial charge on any atom is 0.331 e. The molecule has 19 nitrogen and oxygen atoms in total. The molecule has 7 atom stereocenters. The van der Waals surface area contributed by atoms with Gasteiger partial charge in [0.15, 0.2) is 18.2 Å². The summed E-state index contributed by atoms with van der Waals surface area (Å²) in [6.45, 7) is 4.08. The van der Waals surface area contributed by atoms with Gasteiger partial charge >= 0.3 is 11.9 Å². The Morgan fingerprint density at radius 3 is 1.93 bits per heavy atom. The molecule has 4 aromatic rings. The van der Waals surface area contributed by atoms with E-state index in [9.17, 15) is 39.9 Å². The fourth-order valence-electron chi connectivity index (χ4n) is 5.28. The molecule has 0 aliphatic heterocycles. The molecule has 0 saturated carbocycles. The zero-order chi connectivity index (χ0) is 45.0. The van der Waals surface area contributed by atoms with Gasteiger partial charge in [0.05, 0.1) is 35.5 Å². The summed E-state index contributed by atoms with van der Waals surface area (Å²) in [6, 6.07) is 12.1. The van der Waals surface area contributed by atoms with Crippen LogP contribution in [0.3, 0.4) is 0 Å². The van der Waals surface area contributed by atoms with Gasteiger partial charge in [0.1, 0.15) is 53.8 Å². The molecule has 2 amide bonds. The molecular weight excluding hydrogens is 834 g/mol. The zero-order valence-corrected chi connectivity index (χ0v) is 34.9. The van der Waals surface area contributed by atoms with Crippen molar-refractivity contribution in [3.05, 3.63) is 76.6 Å². The van der Waals surface area contributed by atoms with Crippen LogP contribution >= 0.6 is 23.4 Å². The quantitative estimate of drug-likeness (QED) is 0.0523. The van der Waals surface area contributed by atoms with Gasteiger partial charge in [-0.25, -0.2) is 19.6 Å². The number of aliphatic hydroxyl groups excluding tert-OH is 2. The number of nitriles is 2. The summed E-state index contributed by atoms with van der Waals surface area (Å²) in [7, 11) is 0. The Hall–Kier alpha value is -6.26. The van der Waals surface area contributed by atoms with Gasteiger partial charge in [-0.1, -0.05) is 35.5 Å². The number of pyridine rings is 1. The summed E-state index contributed by atoms with van der Waals surface area (Å²) in [6.07, 6.45) is -2.75. The highest BCUT2D eigenvalue weighted by Gasteiger charge is 2.33. The minimum absolute atomic E-state index is 0.0359. The Labute approximate surface area is 359 Å². The zero-order valence-electron chi connectivity index (χ0n) is 33.3. The number of hydrogen-bond donors (Lipinski definition) is 7. The molecule has 21 heteroatoms. The number of nitrogens with zero attached hydrogens (tertiary/aromatic N) is 4. The molecular formula is C40H44ClN9O10S. The van der Waals surface area contributed by atoms with Crippen LogP contribution in [0.15, 0.2) is 64.2 Å². The van der Waals surface area contributed by atoms with Crippen LogP contribution in [-0.4, -0.2) is 99.6 Å².